The van der Waals surface area contributed by atoms with E-state index in [0.717, 1.165) is 35.0 Å². The number of para-hydroxylation sites is 1. The number of aryl methyl sites for hydroxylation is 1. The van der Waals surface area contributed by atoms with Gasteiger partial charge in [-0.15, -0.1) is 0 Å². The Morgan fingerprint density at radius 3 is 2.55 bits per heavy atom. The average Bonchev–Trinajstić information content (AvgIpc) is 2.74. The van der Waals surface area contributed by atoms with Crippen LogP contribution < -0.4 is 0 Å². The summed E-state index contributed by atoms with van der Waals surface area (Å²) in [5.41, 5.74) is 2.87. The molecule has 0 bridgehead atoms. The van der Waals surface area contributed by atoms with Gasteiger partial charge in [0.05, 0.1) is 5.56 Å². The van der Waals surface area contributed by atoms with Crippen LogP contribution >= 0.6 is 0 Å². The minimum Gasteiger partial charge on any atom is -0.358 e. The zero-order chi connectivity index (χ0) is 14.3. The first-order valence-electron chi connectivity index (χ1n) is 7.49. The molecule has 2 unspecified atom stereocenters. The fourth-order valence-electron chi connectivity index (χ4n) is 3.50. The zero-order valence-electron chi connectivity index (χ0n) is 12.4. The van der Waals surface area contributed by atoms with Gasteiger partial charge < -0.3 is 9.88 Å². The second kappa shape index (κ2) is 4.97. The number of rotatable bonds is 1. The SMILES string of the molecule is Cc1[nH]c2ccccc2c1C(=O)N1C(C)CCCC1C. The number of nitrogens with one attached hydrogen (secondary N) is 1. The summed E-state index contributed by atoms with van der Waals surface area (Å²) in [6, 6.07) is 8.72. The van der Waals surface area contributed by atoms with Crippen molar-refractivity contribution in [2.24, 2.45) is 0 Å². The third-order valence-electron chi connectivity index (χ3n) is 4.54. The molecular formula is C17H22N2O. The first-order valence-corrected chi connectivity index (χ1v) is 7.49. The molecule has 1 fully saturated rings. The van der Waals surface area contributed by atoms with Crippen molar-refractivity contribution in [2.45, 2.75) is 52.1 Å². The van der Waals surface area contributed by atoms with E-state index in [1.165, 1.54) is 6.42 Å². The first kappa shape index (κ1) is 13.2. The lowest BCUT2D eigenvalue weighted by Gasteiger charge is -2.39. The predicted molar refractivity (Wildman–Crippen MR) is 82.0 cm³/mol. The van der Waals surface area contributed by atoms with Crippen LogP contribution in [0.5, 0.6) is 0 Å². The summed E-state index contributed by atoms with van der Waals surface area (Å²) in [5, 5.41) is 1.04. The lowest BCUT2D eigenvalue weighted by atomic mass is 9.96. The fraction of sp³-hybridized carbons (Fsp3) is 0.471. The molecule has 0 saturated carbocycles. The van der Waals surface area contributed by atoms with E-state index in [2.05, 4.69) is 23.7 Å². The fourth-order valence-corrected chi connectivity index (χ4v) is 3.50. The quantitative estimate of drug-likeness (QED) is 0.838. The van der Waals surface area contributed by atoms with Gasteiger partial charge in [-0.3, -0.25) is 4.79 Å². The Kier molecular flexibility index (Phi) is 3.28. The second-order valence-corrected chi connectivity index (χ2v) is 6.01. The standard InChI is InChI=1S/C17H22N2O/c1-11-7-6-8-12(2)19(11)17(20)16-13(3)18-15-10-5-4-9-14(15)16/h4-5,9-12,18H,6-8H2,1-3H3. The number of aromatic nitrogens is 1. The molecule has 20 heavy (non-hydrogen) atoms. The monoisotopic (exact) mass is 270 g/mol. The van der Waals surface area contributed by atoms with Crippen LogP contribution in [0.1, 0.15) is 49.2 Å². The summed E-state index contributed by atoms with van der Waals surface area (Å²) in [6.07, 6.45) is 3.44. The normalized spacial score (nSPS) is 23.2. The lowest BCUT2D eigenvalue weighted by Crippen LogP contribution is -2.47. The van der Waals surface area contributed by atoms with Gasteiger partial charge in [0.1, 0.15) is 0 Å². The highest BCUT2D eigenvalue weighted by Gasteiger charge is 2.31. The molecule has 2 aromatic rings. The van der Waals surface area contributed by atoms with E-state index < -0.39 is 0 Å². The van der Waals surface area contributed by atoms with Crippen LogP contribution in [0.3, 0.4) is 0 Å². The van der Waals surface area contributed by atoms with Crippen molar-refractivity contribution in [2.75, 3.05) is 0 Å². The minimum atomic E-state index is 0.180. The number of hydrogen-bond donors (Lipinski definition) is 1. The number of H-pyrrole nitrogens is 1. The first-order chi connectivity index (χ1) is 9.59. The lowest BCUT2D eigenvalue weighted by molar-refractivity contribution is 0.0512. The maximum atomic E-state index is 13.0. The number of amides is 1. The largest absolute Gasteiger partial charge is 0.358 e. The third kappa shape index (κ3) is 2.01. The maximum absolute atomic E-state index is 13.0. The van der Waals surface area contributed by atoms with E-state index in [-0.39, 0.29) is 5.91 Å². The molecule has 2 heterocycles. The maximum Gasteiger partial charge on any atom is 0.256 e. The molecule has 0 aliphatic carbocycles. The molecule has 1 amide bonds. The molecule has 1 aromatic heterocycles. The number of fused-ring (bicyclic) bond motifs is 1. The molecule has 1 aliphatic rings. The van der Waals surface area contributed by atoms with Crippen molar-refractivity contribution in [3.05, 3.63) is 35.5 Å². The van der Waals surface area contributed by atoms with Crippen molar-refractivity contribution in [1.82, 2.24) is 9.88 Å². The second-order valence-electron chi connectivity index (χ2n) is 6.01. The van der Waals surface area contributed by atoms with Gasteiger partial charge >= 0.3 is 0 Å². The average molecular weight is 270 g/mol. The Balaban J connectivity index is 2.06. The van der Waals surface area contributed by atoms with Crippen molar-refractivity contribution in [1.29, 1.82) is 0 Å². The molecule has 1 N–H and O–H groups in total. The summed E-state index contributed by atoms with van der Waals surface area (Å²) in [6.45, 7) is 6.32. The molecule has 3 rings (SSSR count). The molecule has 3 nitrogen and oxygen atoms in total. The highest BCUT2D eigenvalue weighted by molar-refractivity contribution is 6.08. The third-order valence-corrected chi connectivity index (χ3v) is 4.54. The Morgan fingerprint density at radius 2 is 1.85 bits per heavy atom. The zero-order valence-corrected chi connectivity index (χ0v) is 12.4. The van der Waals surface area contributed by atoms with E-state index in [1.807, 2.05) is 31.2 Å². The van der Waals surface area contributed by atoms with Gasteiger partial charge in [0, 0.05) is 28.7 Å². The van der Waals surface area contributed by atoms with Crippen molar-refractivity contribution >= 4 is 16.8 Å². The molecule has 1 aromatic carbocycles. The molecule has 1 aliphatic heterocycles. The highest BCUT2D eigenvalue weighted by atomic mass is 16.2. The number of piperidine rings is 1. The summed E-state index contributed by atoms with van der Waals surface area (Å²) < 4.78 is 0. The van der Waals surface area contributed by atoms with Gasteiger partial charge in [-0.1, -0.05) is 18.2 Å². The van der Waals surface area contributed by atoms with Gasteiger partial charge in [-0.25, -0.2) is 0 Å². The van der Waals surface area contributed by atoms with Gasteiger partial charge in [0.2, 0.25) is 0 Å². The molecule has 1 saturated heterocycles. The van der Waals surface area contributed by atoms with Crippen LogP contribution in [0.25, 0.3) is 10.9 Å². The number of carbonyl (C=O) groups is 1. The molecular weight excluding hydrogens is 248 g/mol. The Morgan fingerprint density at radius 1 is 1.20 bits per heavy atom. The smallest absolute Gasteiger partial charge is 0.256 e. The highest BCUT2D eigenvalue weighted by Crippen LogP contribution is 2.29. The van der Waals surface area contributed by atoms with Gasteiger partial charge in [-0.2, -0.15) is 0 Å². The minimum absolute atomic E-state index is 0.180. The number of likely N-dealkylation sites (tertiary alicyclic amines) is 1. The topological polar surface area (TPSA) is 36.1 Å². The molecule has 3 heteroatoms. The van der Waals surface area contributed by atoms with E-state index in [1.54, 1.807) is 0 Å². The van der Waals surface area contributed by atoms with Crippen LogP contribution in [0, 0.1) is 6.92 Å². The summed E-state index contributed by atoms with van der Waals surface area (Å²) in [4.78, 5) is 18.4. The van der Waals surface area contributed by atoms with Crippen LogP contribution in [0.4, 0.5) is 0 Å². The van der Waals surface area contributed by atoms with E-state index in [9.17, 15) is 4.79 Å². The van der Waals surface area contributed by atoms with Gasteiger partial charge in [0.15, 0.2) is 0 Å². The Labute approximate surface area is 120 Å². The van der Waals surface area contributed by atoms with Gasteiger partial charge in [0.25, 0.3) is 5.91 Å². The van der Waals surface area contributed by atoms with E-state index in [4.69, 9.17) is 0 Å². The number of carbonyl (C=O) groups excluding carboxylic acids is 1. The Hall–Kier alpha value is -1.77. The van der Waals surface area contributed by atoms with E-state index in [0.29, 0.717) is 12.1 Å². The number of aromatic amines is 1. The van der Waals surface area contributed by atoms with Crippen molar-refractivity contribution in [3.63, 3.8) is 0 Å². The van der Waals surface area contributed by atoms with Crippen molar-refractivity contribution < 1.29 is 4.79 Å². The summed E-state index contributed by atoms with van der Waals surface area (Å²) >= 11 is 0. The Bertz CT molecular complexity index is 633. The molecule has 0 radical (unpaired) electrons. The number of benzene rings is 1. The van der Waals surface area contributed by atoms with Crippen LogP contribution in [0.2, 0.25) is 0 Å². The number of hydrogen-bond acceptors (Lipinski definition) is 1. The van der Waals surface area contributed by atoms with Crippen LogP contribution in [0.15, 0.2) is 24.3 Å². The predicted octanol–water partition coefficient (Wildman–Crippen LogP) is 3.88. The van der Waals surface area contributed by atoms with Crippen LogP contribution in [-0.2, 0) is 0 Å². The molecule has 0 spiro atoms. The van der Waals surface area contributed by atoms with Crippen LogP contribution in [-0.4, -0.2) is 27.9 Å². The molecule has 106 valence electrons. The molecule has 2 atom stereocenters. The summed E-state index contributed by atoms with van der Waals surface area (Å²) in [5.74, 6) is 0.180. The van der Waals surface area contributed by atoms with E-state index >= 15 is 0 Å². The van der Waals surface area contributed by atoms with Gasteiger partial charge in [-0.05, 0) is 46.1 Å². The van der Waals surface area contributed by atoms with Crippen molar-refractivity contribution in [3.8, 4) is 0 Å². The number of nitrogens with zero attached hydrogens (tertiary/aromatic N) is 1. The summed E-state index contributed by atoms with van der Waals surface area (Å²) in [7, 11) is 0.